The van der Waals surface area contributed by atoms with E-state index in [1.807, 2.05) is 36.7 Å². The minimum atomic E-state index is -0.441. The molecule has 33 heavy (non-hydrogen) atoms. The molecule has 0 saturated carbocycles. The maximum absolute atomic E-state index is 12.2. The largest absolute Gasteiger partial charge is 0.366 e. The Hall–Kier alpha value is -3.99. The highest BCUT2D eigenvalue weighted by molar-refractivity contribution is 6.05. The monoisotopic (exact) mass is 434 g/mol. The van der Waals surface area contributed by atoms with Crippen molar-refractivity contribution in [3.05, 3.63) is 95.8 Å². The number of nitrogens with zero attached hydrogens (tertiary/aromatic N) is 3. The summed E-state index contributed by atoms with van der Waals surface area (Å²) in [7, 11) is 0. The number of carbonyl (C=O) groups excluding carboxylic acids is 1. The summed E-state index contributed by atoms with van der Waals surface area (Å²) in [5.41, 5.74) is 11.4. The van der Waals surface area contributed by atoms with Crippen LogP contribution in [-0.2, 0) is 13.0 Å². The van der Waals surface area contributed by atoms with Crippen molar-refractivity contribution in [2.45, 2.75) is 32.7 Å². The number of rotatable bonds is 7. The summed E-state index contributed by atoms with van der Waals surface area (Å²) in [5, 5.41) is 2.15. The molecule has 2 heterocycles. The molecule has 0 saturated heterocycles. The first kappa shape index (κ1) is 20.9. The zero-order chi connectivity index (χ0) is 22.8. The van der Waals surface area contributed by atoms with Gasteiger partial charge in [0.25, 0.3) is 5.91 Å². The second kappa shape index (κ2) is 8.87. The Morgan fingerprint density at radius 3 is 2.58 bits per heavy atom. The minimum absolute atomic E-state index is 0.441. The van der Waals surface area contributed by atoms with Gasteiger partial charge in [-0.3, -0.25) is 9.78 Å². The lowest BCUT2D eigenvalue weighted by molar-refractivity contribution is 0.100. The van der Waals surface area contributed by atoms with E-state index in [0.717, 1.165) is 59.0 Å². The van der Waals surface area contributed by atoms with Crippen LogP contribution in [0.25, 0.3) is 33.2 Å². The van der Waals surface area contributed by atoms with Crippen LogP contribution in [0, 0.1) is 6.92 Å². The second-order valence-electron chi connectivity index (χ2n) is 8.48. The Balaban J connectivity index is 1.55. The van der Waals surface area contributed by atoms with Gasteiger partial charge in [0.05, 0.1) is 16.6 Å². The first-order valence-electron chi connectivity index (χ1n) is 11.3. The van der Waals surface area contributed by atoms with Crippen molar-refractivity contribution < 1.29 is 4.79 Å². The molecule has 164 valence electrons. The molecule has 0 aliphatic heterocycles. The summed E-state index contributed by atoms with van der Waals surface area (Å²) < 4.78 is 2.15. The topological polar surface area (TPSA) is 73.8 Å². The van der Waals surface area contributed by atoms with Crippen LogP contribution in [0.2, 0.25) is 0 Å². The quantitative estimate of drug-likeness (QED) is 0.335. The minimum Gasteiger partial charge on any atom is -0.366 e. The molecule has 0 aliphatic carbocycles. The molecular weight excluding hydrogens is 408 g/mol. The molecule has 2 N–H and O–H groups in total. The van der Waals surface area contributed by atoms with E-state index in [1.165, 1.54) is 11.1 Å². The van der Waals surface area contributed by atoms with Crippen LogP contribution in [0.4, 0.5) is 0 Å². The second-order valence-corrected chi connectivity index (χ2v) is 8.48. The van der Waals surface area contributed by atoms with Crippen LogP contribution in [0.3, 0.4) is 0 Å². The summed E-state index contributed by atoms with van der Waals surface area (Å²) in [5.74, 6) is 0.377. The molecule has 3 aromatic carbocycles. The summed E-state index contributed by atoms with van der Waals surface area (Å²) in [6.07, 6.45) is 6.73. The number of aryl methyl sites for hydroxylation is 3. The van der Waals surface area contributed by atoms with Gasteiger partial charge < -0.3 is 10.3 Å². The van der Waals surface area contributed by atoms with Crippen LogP contribution in [0.5, 0.6) is 0 Å². The van der Waals surface area contributed by atoms with Crippen LogP contribution in [-0.4, -0.2) is 20.4 Å². The maximum Gasteiger partial charge on any atom is 0.250 e. The molecule has 0 spiro atoms. The zero-order valence-electron chi connectivity index (χ0n) is 18.7. The van der Waals surface area contributed by atoms with Crippen molar-refractivity contribution in [1.29, 1.82) is 0 Å². The third kappa shape index (κ3) is 4.10. The van der Waals surface area contributed by atoms with E-state index in [2.05, 4.69) is 52.9 Å². The molecule has 5 nitrogen and oxygen atoms in total. The number of aromatic nitrogens is 3. The van der Waals surface area contributed by atoms with Crippen molar-refractivity contribution >= 4 is 27.7 Å². The average molecular weight is 435 g/mol. The predicted molar refractivity (Wildman–Crippen MR) is 133 cm³/mol. The number of hydrogen-bond acceptors (Lipinski definition) is 3. The van der Waals surface area contributed by atoms with Gasteiger partial charge in [0.2, 0.25) is 0 Å². The molecule has 5 rings (SSSR count). The van der Waals surface area contributed by atoms with E-state index in [9.17, 15) is 4.79 Å². The molecule has 1 amide bonds. The molecule has 0 bridgehead atoms. The summed E-state index contributed by atoms with van der Waals surface area (Å²) in [4.78, 5) is 21.6. The summed E-state index contributed by atoms with van der Waals surface area (Å²) in [6.45, 7) is 2.85. The van der Waals surface area contributed by atoms with E-state index < -0.39 is 5.91 Å². The van der Waals surface area contributed by atoms with Crippen molar-refractivity contribution in [1.82, 2.24) is 14.5 Å². The SMILES string of the molecule is Cc1ccc(CCCCn2c(-c3cncc4ccccc34)nc3cccc(C(N)=O)c32)cc1. The number of para-hydroxylation sites is 1. The van der Waals surface area contributed by atoms with E-state index in [4.69, 9.17) is 10.7 Å². The predicted octanol–water partition coefficient (Wildman–Crippen LogP) is 5.68. The number of amides is 1. The van der Waals surface area contributed by atoms with Gasteiger partial charge in [-0.1, -0.05) is 60.2 Å². The third-order valence-electron chi connectivity index (χ3n) is 6.16. The standard InChI is InChI=1S/C28H26N4O/c1-19-12-14-20(15-13-19)7-4-5-16-32-26-23(27(29)33)10-6-11-25(26)31-28(32)24-18-30-17-21-8-2-3-9-22(21)24/h2-3,6,8-15,17-18H,4-5,7,16H2,1H3,(H2,29,33). The number of carbonyl (C=O) groups is 1. The number of hydrogen-bond donors (Lipinski definition) is 1. The smallest absolute Gasteiger partial charge is 0.250 e. The molecule has 0 fully saturated rings. The lowest BCUT2D eigenvalue weighted by atomic mass is 10.1. The lowest BCUT2D eigenvalue weighted by Crippen LogP contribution is -2.13. The van der Waals surface area contributed by atoms with E-state index in [1.54, 1.807) is 6.07 Å². The number of imidazole rings is 1. The van der Waals surface area contributed by atoms with Gasteiger partial charge in [0, 0.05) is 29.9 Å². The highest BCUT2D eigenvalue weighted by Crippen LogP contribution is 2.32. The first-order chi connectivity index (χ1) is 16.1. The van der Waals surface area contributed by atoms with Crippen LogP contribution in [0.1, 0.15) is 34.3 Å². The fourth-order valence-electron chi connectivity index (χ4n) is 4.46. The molecule has 0 unspecified atom stereocenters. The average Bonchev–Trinajstić information content (AvgIpc) is 3.21. The molecule has 2 aromatic heterocycles. The highest BCUT2D eigenvalue weighted by Gasteiger charge is 2.19. The first-order valence-corrected chi connectivity index (χ1v) is 11.3. The molecule has 0 radical (unpaired) electrons. The fraction of sp³-hybridized carbons (Fsp3) is 0.179. The highest BCUT2D eigenvalue weighted by atomic mass is 16.1. The normalized spacial score (nSPS) is 11.3. The third-order valence-corrected chi connectivity index (χ3v) is 6.16. The number of primary amides is 1. The molecule has 5 heteroatoms. The van der Waals surface area contributed by atoms with Gasteiger partial charge in [-0.25, -0.2) is 4.98 Å². The maximum atomic E-state index is 12.2. The van der Waals surface area contributed by atoms with Gasteiger partial charge in [-0.05, 0) is 49.3 Å². The molecule has 0 atom stereocenters. The number of unbranched alkanes of at least 4 members (excludes halogenated alkanes) is 1. The van der Waals surface area contributed by atoms with Crippen LogP contribution in [0.15, 0.2) is 79.1 Å². The molecule has 0 aliphatic rings. The Bertz CT molecular complexity index is 1450. The Labute approximate surface area is 192 Å². The number of nitrogens with two attached hydrogens (primary N) is 1. The van der Waals surface area contributed by atoms with E-state index >= 15 is 0 Å². The molecular formula is C28H26N4O. The summed E-state index contributed by atoms with van der Waals surface area (Å²) in [6, 6.07) is 22.4. The van der Waals surface area contributed by atoms with Gasteiger partial charge >= 0.3 is 0 Å². The van der Waals surface area contributed by atoms with Crippen molar-refractivity contribution in [2.24, 2.45) is 5.73 Å². The van der Waals surface area contributed by atoms with Gasteiger partial charge in [0.1, 0.15) is 5.82 Å². The van der Waals surface area contributed by atoms with Crippen LogP contribution >= 0.6 is 0 Å². The van der Waals surface area contributed by atoms with Crippen molar-refractivity contribution in [2.75, 3.05) is 0 Å². The van der Waals surface area contributed by atoms with Crippen molar-refractivity contribution in [3.8, 4) is 11.4 Å². The Morgan fingerprint density at radius 2 is 1.76 bits per heavy atom. The van der Waals surface area contributed by atoms with E-state index in [-0.39, 0.29) is 0 Å². The van der Waals surface area contributed by atoms with Gasteiger partial charge in [0.15, 0.2) is 0 Å². The van der Waals surface area contributed by atoms with E-state index in [0.29, 0.717) is 5.56 Å². The van der Waals surface area contributed by atoms with Gasteiger partial charge in [-0.15, -0.1) is 0 Å². The zero-order valence-corrected chi connectivity index (χ0v) is 18.7. The summed E-state index contributed by atoms with van der Waals surface area (Å²) >= 11 is 0. The van der Waals surface area contributed by atoms with Gasteiger partial charge in [-0.2, -0.15) is 0 Å². The lowest BCUT2D eigenvalue weighted by Gasteiger charge is -2.12. The number of pyridine rings is 1. The Morgan fingerprint density at radius 1 is 0.939 bits per heavy atom. The van der Waals surface area contributed by atoms with Crippen LogP contribution < -0.4 is 5.73 Å². The number of fused-ring (bicyclic) bond motifs is 2. The fourth-order valence-corrected chi connectivity index (χ4v) is 4.46. The Kier molecular flexibility index (Phi) is 5.61. The number of benzene rings is 3. The van der Waals surface area contributed by atoms with Crippen molar-refractivity contribution in [3.63, 3.8) is 0 Å². The molecule has 5 aromatic rings.